The number of nitrogens with one attached hydrogen (secondary N) is 1. The maximum Gasteiger partial charge on any atom is 0.387 e. The third-order valence-corrected chi connectivity index (χ3v) is 5.25. The van der Waals surface area contributed by atoms with Gasteiger partial charge >= 0.3 is 12.6 Å². The topological polar surface area (TPSA) is 81.3 Å². The van der Waals surface area contributed by atoms with Gasteiger partial charge in [0.25, 0.3) is 5.56 Å². The largest absolute Gasteiger partial charge is 0.465 e. The minimum Gasteiger partial charge on any atom is -0.465 e. The van der Waals surface area contributed by atoms with Crippen molar-refractivity contribution in [2.75, 3.05) is 7.11 Å². The third kappa shape index (κ3) is 4.05. The summed E-state index contributed by atoms with van der Waals surface area (Å²) < 4.78 is 33.4. The number of benzene rings is 1. The van der Waals surface area contributed by atoms with E-state index in [1.807, 2.05) is 0 Å². The van der Waals surface area contributed by atoms with Crippen molar-refractivity contribution in [1.29, 1.82) is 0 Å². The van der Waals surface area contributed by atoms with Crippen LogP contribution in [0.3, 0.4) is 0 Å². The number of methoxy groups -OCH3 is 1. The van der Waals surface area contributed by atoms with Gasteiger partial charge in [-0.15, -0.1) is 11.3 Å². The zero-order valence-electron chi connectivity index (χ0n) is 14.6. The Labute approximate surface area is 166 Å². The van der Waals surface area contributed by atoms with Crippen LogP contribution in [0.25, 0.3) is 21.3 Å². The molecule has 0 aliphatic rings. The number of nitrogens with zero attached hydrogens (tertiary/aromatic N) is 1. The van der Waals surface area contributed by atoms with Gasteiger partial charge in [-0.3, -0.25) is 4.79 Å². The first-order valence-corrected chi connectivity index (χ1v) is 9.03. The third-order valence-electron chi connectivity index (χ3n) is 3.80. The number of hydrogen-bond donors (Lipinski definition) is 1. The van der Waals surface area contributed by atoms with Crippen molar-refractivity contribution in [2.24, 2.45) is 0 Å². The Bertz CT molecular complexity index is 1120. The molecule has 3 aromatic rings. The van der Waals surface area contributed by atoms with Gasteiger partial charge in [0.15, 0.2) is 5.82 Å². The lowest BCUT2D eigenvalue weighted by atomic mass is 10.2. The maximum atomic E-state index is 12.4. The number of alkyl halides is 2. The van der Waals surface area contributed by atoms with E-state index in [0.29, 0.717) is 26.2 Å². The van der Waals surface area contributed by atoms with Crippen molar-refractivity contribution in [3.05, 3.63) is 56.4 Å². The molecule has 146 valence electrons. The lowest BCUT2D eigenvalue weighted by molar-refractivity contribution is -0.0498. The van der Waals surface area contributed by atoms with Gasteiger partial charge in [-0.2, -0.15) is 8.78 Å². The highest BCUT2D eigenvalue weighted by molar-refractivity contribution is 7.20. The predicted molar refractivity (Wildman–Crippen MR) is 103 cm³/mol. The van der Waals surface area contributed by atoms with Gasteiger partial charge < -0.3 is 14.5 Å². The van der Waals surface area contributed by atoms with E-state index in [9.17, 15) is 18.4 Å². The van der Waals surface area contributed by atoms with E-state index in [1.165, 1.54) is 37.5 Å². The number of thiophene rings is 1. The van der Waals surface area contributed by atoms with Gasteiger partial charge in [-0.1, -0.05) is 23.7 Å². The van der Waals surface area contributed by atoms with E-state index in [1.54, 1.807) is 6.92 Å². The van der Waals surface area contributed by atoms with Crippen LogP contribution in [0, 0.1) is 6.92 Å². The average molecular weight is 427 g/mol. The number of fused-ring (bicyclic) bond motifs is 1. The van der Waals surface area contributed by atoms with Crippen LogP contribution in [0.15, 0.2) is 29.1 Å². The molecule has 0 aliphatic carbocycles. The first-order chi connectivity index (χ1) is 13.3. The Morgan fingerprint density at radius 1 is 1.32 bits per heavy atom. The summed E-state index contributed by atoms with van der Waals surface area (Å²) in [6.45, 7) is -1.27. The molecule has 0 atom stereocenters. The highest BCUT2D eigenvalue weighted by Crippen LogP contribution is 2.29. The number of ether oxygens (including phenoxy) is 2. The molecule has 0 radical (unpaired) electrons. The number of hydrogen-bond acceptors (Lipinski definition) is 6. The fourth-order valence-electron chi connectivity index (χ4n) is 2.50. The Balaban J connectivity index is 1.97. The molecule has 1 N–H and O–H groups in total. The SMILES string of the molecule is COC(=O)c1sc2nc(/C(Cl)=C/c3ccc(OC(F)F)cc3)[nH]c(=O)c2c1C. The first kappa shape index (κ1) is 20.0. The molecule has 2 heterocycles. The van der Waals surface area contributed by atoms with E-state index in [-0.39, 0.29) is 16.6 Å². The van der Waals surface area contributed by atoms with E-state index in [2.05, 4.69) is 14.7 Å². The summed E-state index contributed by atoms with van der Waals surface area (Å²) in [5.74, 6) is -0.417. The Morgan fingerprint density at radius 3 is 2.61 bits per heavy atom. The normalized spacial score (nSPS) is 11.9. The van der Waals surface area contributed by atoms with Crippen LogP contribution in [0.4, 0.5) is 8.78 Å². The molecule has 0 fully saturated rings. The van der Waals surface area contributed by atoms with Crippen LogP contribution in [-0.4, -0.2) is 29.7 Å². The van der Waals surface area contributed by atoms with Gasteiger partial charge in [0.2, 0.25) is 0 Å². The summed E-state index contributed by atoms with van der Waals surface area (Å²) in [7, 11) is 1.26. The fraction of sp³-hybridized carbons (Fsp3) is 0.167. The second-order valence-electron chi connectivity index (χ2n) is 5.58. The number of H-pyrrole nitrogens is 1. The van der Waals surface area contributed by atoms with Crippen molar-refractivity contribution in [3.63, 3.8) is 0 Å². The standard InChI is InChI=1S/C18H13ClF2N2O4S/c1-8-12-15(24)22-14(23-16(12)28-13(8)17(25)26-2)11(19)7-9-3-5-10(6-4-9)27-18(20)21/h3-7,18H,1-2H3,(H,22,23,24)/b11-7-. The Hall–Kier alpha value is -2.78. The van der Waals surface area contributed by atoms with Gasteiger partial charge in [0, 0.05) is 0 Å². The van der Waals surface area contributed by atoms with Crippen LogP contribution in [-0.2, 0) is 4.74 Å². The molecule has 0 saturated carbocycles. The number of esters is 1. The van der Waals surface area contributed by atoms with Crippen molar-refractivity contribution in [2.45, 2.75) is 13.5 Å². The summed E-state index contributed by atoms with van der Waals surface area (Å²) in [5.41, 5.74) is 0.643. The lowest BCUT2D eigenvalue weighted by Crippen LogP contribution is -2.10. The van der Waals surface area contributed by atoms with Crippen molar-refractivity contribution >= 4 is 50.2 Å². The van der Waals surface area contributed by atoms with Gasteiger partial charge in [-0.25, -0.2) is 9.78 Å². The first-order valence-electron chi connectivity index (χ1n) is 7.84. The number of rotatable bonds is 5. The highest BCUT2D eigenvalue weighted by atomic mass is 35.5. The maximum absolute atomic E-state index is 12.4. The molecule has 0 spiro atoms. The minimum absolute atomic E-state index is 0.0145. The molecule has 28 heavy (non-hydrogen) atoms. The molecule has 10 heteroatoms. The van der Waals surface area contributed by atoms with E-state index < -0.39 is 18.1 Å². The van der Waals surface area contributed by atoms with E-state index in [0.717, 1.165) is 11.3 Å². The molecule has 0 unspecified atom stereocenters. The molecular weight excluding hydrogens is 414 g/mol. The molecular formula is C18H13ClF2N2O4S. The van der Waals surface area contributed by atoms with Crippen LogP contribution in [0.2, 0.25) is 0 Å². The molecule has 2 aromatic heterocycles. The van der Waals surface area contributed by atoms with Crippen LogP contribution in [0.5, 0.6) is 5.75 Å². The summed E-state index contributed by atoms with van der Waals surface area (Å²) in [5, 5.41) is 0.430. The zero-order valence-corrected chi connectivity index (χ0v) is 16.2. The number of aromatic nitrogens is 2. The molecule has 3 rings (SSSR count). The average Bonchev–Trinajstić information content (AvgIpc) is 2.99. The van der Waals surface area contributed by atoms with Gasteiger partial charge in [0.1, 0.15) is 15.5 Å². The molecule has 0 aliphatic heterocycles. The molecule has 0 amide bonds. The van der Waals surface area contributed by atoms with Crippen molar-refractivity contribution < 1.29 is 23.0 Å². The second kappa shape index (κ2) is 8.07. The molecule has 0 saturated heterocycles. The fourth-order valence-corrected chi connectivity index (χ4v) is 3.82. The van der Waals surface area contributed by atoms with E-state index in [4.69, 9.17) is 16.3 Å². The van der Waals surface area contributed by atoms with Crippen LogP contribution >= 0.6 is 22.9 Å². The predicted octanol–water partition coefficient (Wildman–Crippen LogP) is 4.42. The number of aryl methyl sites for hydroxylation is 1. The molecule has 6 nitrogen and oxygen atoms in total. The molecule has 0 bridgehead atoms. The smallest absolute Gasteiger partial charge is 0.387 e. The molecule has 1 aromatic carbocycles. The van der Waals surface area contributed by atoms with Crippen molar-refractivity contribution in [1.82, 2.24) is 9.97 Å². The van der Waals surface area contributed by atoms with Crippen molar-refractivity contribution in [3.8, 4) is 5.75 Å². The highest BCUT2D eigenvalue weighted by Gasteiger charge is 2.20. The summed E-state index contributed by atoms with van der Waals surface area (Å²) in [6.07, 6.45) is 1.51. The lowest BCUT2D eigenvalue weighted by Gasteiger charge is -2.04. The quantitative estimate of drug-likeness (QED) is 0.611. The van der Waals surface area contributed by atoms with Gasteiger partial charge in [0.05, 0.1) is 17.5 Å². The number of halogens is 3. The van der Waals surface area contributed by atoms with Crippen LogP contribution in [0.1, 0.15) is 26.6 Å². The summed E-state index contributed by atoms with van der Waals surface area (Å²) >= 11 is 7.30. The Kier molecular flexibility index (Phi) is 5.76. The van der Waals surface area contributed by atoms with E-state index >= 15 is 0 Å². The second-order valence-corrected chi connectivity index (χ2v) is 6.99. The summed E-state index contributed by atoms with van der Waals surface area (Å²) in [4.78, 5) is 31.8. The Morgan fingerprint density at radius 2 is 2.00 bits per heavy atom. The number of aromatic amines is 1. The van der Waals surface area contributed by atoms with Crippen LogP contribution < -0.4 is 10.3 Å². The van der Waals surface area contributed by atoms with Gasteiger partial charge in [-0.05, 0) is 36.3 Å². The summed E-state index contributed by atoms with van der Waals surface area (Å²) in [6, 6.07) is 5.79. The minimum atomic E-state index is -2.91. The monoisotopic (exact) mass is 426 g/mol. The zero-order chi connectivity index (χ0) is 20.4. The number of carbonyl (C=O) groups excluding carboxylic acids is 1. The number of carbonyl (C=O) groups is 1.